The predicted molar refractivity (Wildman–Crippen MR) is 79.2 cm³/mol. The minimum absolute atomic E-state index is 0.299. The van der Waals surface area contributed by atoms with Gasteiger partial charge in [0.25, 0.3) is 5.91 Å². The summed E-state index contributed by atoms with van der Waals surface area (Å²) in [6, 6.07) is 5.54. The molecule has 0 aliphatic carbocycles. The quantitative estimate of drug-likeness (QED) is 0.857. The Labute approximate surface area is 125 Å². The Bertz CT molecular complexity index is 715. The molecule has 0 saturated heterocycles. The molecule has 1 amide bonds. The van der Waals surface area contributed by atoms with Gasteiger partial charge in [-0.3, -0.25) is 4.79 Å². The molecule has 2 rings (SSSR count). The largest absolute Gasteiger partial charge is 0.495 e. The molecule has 0 spiro atoms. The van der Waals surface area contributed by atoms with Crippen LogP contribution in [0.3, 0.4) is 0 Å². The molecule has 2 N–H and O–H groups in total. The Kier molecular flexibility index (Phi) is 4.93. The lowest BCUT2D eigenvalue weighted by molar-refractivity contribution is 0.102. The van der Waals surface area contributed by atoms with Gasteiger partial charge in [0.2, 0.25) is 0 Å². The molecule has 0 atom stereocenters. The Morgan fingerprint density at radius 3 is 3.00 bits per heavy atom. The number of carbonyl (C=O) groups excluding carboxylic acids is 1. The number of hydrogen-bond acceptors (Lipinski definition) is 4. The molecule has 1 aromatic carbocycles. The monoisotopic (exact) mass is 305 g/mol. The van der Waals surface area contributed by atoms with Gasteiger partial charge in [0, 0.05) is 0 Å². The molecule has 2 aromatic rings. The molecular weight excluding hydrogens is 293 g/mol. The van der Waals surface area contributed by atoms with E-state index in [0.29, 0.717) is 21.9 Å². The van der Waals surface area contributed by atoms with Crippen LogP contribution in [0.25, 0.3) is 0 Å². The third-order valence-corrected chi connectivity index (χ3v) is 3.48. The Morgan fingerprint density at radius 1 is 1.48 bits per heavy atom. The lowest BCUT2D eigenvalue weighted by atomic mass is 10.1. The first-order valence-electron chi connectivity index (χ1n) is 5.98. The molecule has 0 saturated carbocycles. The van der Waals surface area contributed by atoms with Gasteiger partial charge in [-0.1, -0.05) is 11.8 Å². The molecule has 0 aliphatic rings. The second-order valence-electron chi connectivity index (χ2n) is 3.92. The van der Waals surface area contributed by atoms with Crippen molar-refractivity contribution < 1.29 is 19.0 Å². The van der Waals surface area contributed by atoms with Gasteiger partial charge in [0.1, 0.15) is 23.1 Å². The highest BCUT2D eigenvalue weighted by Gasteiger charge is 2.15. The molecule has 0 radical (unpaired) electrons. The van der Waals surface area contributed by atoms with Crippen LogP contribution in [0.4, 0.5) is 10.1 Å². The zero-order chi connectivity index (χ0) is 15.2. The van der Waals surface area contributed by atoms with E-state index in [1.165, 1.54) is 36.6 Å². The van der Waals surface area contributed by atoms with Crippen LogP contribution < -0.4 is 10.1 Å². The van der Waals surface area contributed by atoms with Crippen LogP contribution >= 0.6 is 11.3 Å². The zero-order valence-electron chi connectivity index (χ0n) is 11.1. The van der Waals surface area contributed by atoms with Crippen molar-refractivity contribution in [3.8, 4) is 17.6 Å². The van der Waals surface area contributed by atoms with E-state index in [-0.39, 0.29) is 12.5 Å². The summed E-state index contributed by atoms with van der Waals surface area (Å²) < 4.78 is 18.3. The minimum Gasteiger partial charge on any atom is -0.495 e. The Morgan fingerprint density at radius 2 is 2.29 bits per heavy atom. The SMILES string of the molecule is COc1ccsc1C(=O)Nc1ccc(F)cc1C#CCO. The number of ether oxygens (including phenoxy) is 1. The van der Waals surface area contributed by atoms with Crippen molar-refractivity contribution >= 4 is 22.9 Å². The number of hydrogen-bond donors (Lipinski definition) is 2. The number of carbonyl (C=O) groups is 1. The summed E-state index contributed by atoms with van der Waals surface area (Å²) in [5, 5.41) is 13.1. The predicted octanol–water partition coefficient (Wildman–Crippen LogP) is 2.49. The smallest absolute Gasteiger partial charge is 0.269 e. The number of methoxy groups -OCH3 is 1. The average Bonchev–Trinajstić information content (AvgIpc) is 2.96. The fourth-order valence-corrected chi connectivity index (χ4v) is 2.42. The second-order valence-corrected chi connectivity index (χ2v) is 4.84. The number of benzene rings is 1. The summed E-state index contributed by atoms with van der Waals surface area (Å²) >= 11 is 1.24. The first kappa shape index (κ1) is 15.0. The molecule has 0 fully saturated rings. The molecule has 108 valence electrons. The lowest BCUT2D eigenvalue weighted by Gasteiger charge is -2.08. The highest BCUT2D eigenvalue weighted by atomic mass is 32.1. The van der Waals surface area contributed by atoms with Crippen LogP contribution in [0.5, 0.6) is 5.75 Å². The van der Waals surface area contributed by atoms with Gasteiger partial charge in [0.15, 0.2) is 0 Å². The normalized spacial score (nSPS) is 9.67. The fraction of sp³-hybridized carbons (Fsp3) is 0.133. The van der Waals surface area contributed by atoms with Crippen molar-refractivity contribution in [2.24, 2.45) is 0 Å². The van der Waals surface area contributed by atoms with E-state index in [2.05, 4.69) is 17.2 Å². The molecule has 21 heavy (non-hydrogen) atoms. The molecular formula is C15H12FNO3S. The van der Waals surface area contributed by atoms with Gasteiger partial charge < -0.3 is 15.2 Å². The average molecular weight is 305 g/mol. The molecule has 6 heteroatoms. The number of rotatable bonds is 3. The summed E-state index contributed by atoms with van der Waals surface area (Å²) in [4.78, 5) is 12.6. The third-order valence-electron chi connectivity index (χ3n) is 2.59. The number of aliphatic hydroxyl groups is 1. The first-order chi connectivity index (χ1) is 10.2. The van der Waals surface area contributed by atoms with Crippen LogP contribution in [-0.4, -0.2) is 24.7 Å². The van der Waals surface area contributed by atoms with Crippen molar-refractivity contribution in [1.82, 2.24) is 0 Å². The highest BCUT2D eigenvalue weighted by Crippen LogP contribution is 2.26. The van der Waals surface area contributed by atoms with Crippen LogP contribution in [-0.2, 0) is 0 Å². The summed E-state index contributed by atoms with van der Waals surface area (Å²) in [6.45, 7) is -0.345. The number of aliphatic hydroxyl groups excluding tert-OH is 1. The van der Waals surface area contributed by atoms with Crippen molar-refractivity contribution in [2.45, 2.75) is 0 Å². The zero-order valence-corrected chi connectivity index (χ0v) is 12.0. The lowest BCUT2D eigenvalue weighted by Crippen LogP contribution is -2.12. The van der Waals surface area contributed by atoms with Crippen molar-refractivity contribution in [1.29, 1.82) is 0 Å². The van der Waals surface area contributed by atoms with Gasteiger partial charge in [-0.05, 0) is 29.6 Å². The van der Waals surface area contributed by atoms with E-state index in [1.54, 1.807) is 11.4 Å². The van der Waals surface area contributed by atoms with Crippen LogP contribution in [0.2, 0.25) is 0 Å². The number of amides is 1. The van der Waals surface area contributed by atoms with E-state index >= 15 is 0 Å². The fourth-order valence-electron chi connectivity index (χ4n) is 1.67. The van der Waals surface area contributed by atoms with E-state index in [9.17, 15) is 9.18 Å². The summed E-state index contributed by atoms with van der Waals surface area (Å²) in [5.74, 6) is 4.67. The maximum absolute atomic E-state index is 13.2. The molecule has 0 unspecified atom stereocenters. The maximum atomic E-state index is 13.2. The Balaban J connectivity index is 2.29. The Hall–Kier alpha value is -2.36. The number of nitrogens with one attached hydrogen (secondary N) is 1. The van der Waals surface area contributed by atoms with E-state index in [0.717, 1.165) is 0 Å². The number of halogens is 1. The molecule has 0 bridgehead atoms. The topological polar surface area (TPSA) is 58.6 Å². The summed E-state index contributed by atoms with van der Waals surface area (Å²) in [5.41, 5.74) is 0.672. The van der Waals surface area contributed by atoms with Crippen molar-refractivity contribution in [3.05, 3.63) is 45.9 Å². The number of anilines is 1. The van der Waals surface area contributed by atoms with Crippen LogP contribution in [0.15, 0.2) is 29.6 Å². The highest BCUT2D eigenvalue weighted by molar-refractivity contribution is 7.12. The minimum atomic E-state index is -0.469. The van der Waals surface area contributed by atoms with E-state index in [4.69, 9.17) is 9.84 Å². The van der Waals surface area contributed by atoms with Crippen molar-refractivity contribution in [2.75, 3.05) is 19.0 Å². The van der Waals surface area contributed by atoms with Gasteiger partial charge in [-0.2, -0.15) is 0 Å². The summed E-state index contributed by atoms with van der Waals surface area (Å²) in [7, 11) is 1.48. The van der Waals surface area contributed by atoms with Crippen LogP contribution in [0.1, 0.15) is 15.2 Å². The molecule has 4 nitrogen and oxygen atoms in total. The maximum Gasteiger partial charge on any atom is 0.269 e. The van der Waals surface area contributed by atoms with Crippen LogP contribution in [0, 0.1) is 17.7 Å². The summed E-state index contributed by atoms with van der Waals surface area (Å²) in [6.07, 6.45) is 0. The third kappa shape index (κ3) is 3.60. The van der Waals surface area contributed by atoms with Gasteiger partial charge in [0.05, 0.1) is 18.4 Å². The van der Waals surface area contributed by atoms with E-state index < -0.39 is 5.82 Å². The van der Waals surface area contributed by atoms with Crippen molar-refractivity contribution in [3.63, 3.8) is 0 Å². The van der Waals surface area contributed by atoms with Gasteiger partial charge >= 0.3 is 0 Å². The number of thiophene rings is 1. The standard InChI is InChI=1S/C15H12FNO3S/c1-20-13-6-8-21-14(13)15(19)17-12-5-4-11(16)9-10(12)3-2-7-18/h4-6,8-9,18H,7H2,1H3,(H,17,19). The van der Waals surface area contributed by atoms with Gasteiger partial charge in [-0.15, -0.1) is 11.3 Å². The first-order valence-corrected chi connectivity index (χ1v) is 6.85. The molecule has 1 aromatic heterocycles. The second kappa shape index (κ2) is 6.88. The van der Waals surface area contributed by atoms with Gasteiger partial charge in [-0.25, -0.2) is 4.39 Å². The molecule has 1 heterocycles. The molecule has 0 aliphatic heterocycles. The van der Waals surface area contributed by atoms with E-state index in [1.807, 2.05) is 0 Å².